The number of phenolic OH excluding ortho intramolecular Hbond substituents is 1. The van der Waals surface area contributed by atoms with E-state index in [4.69, 9.17) is 17.3 Å². The fourth-order valence-electron chi connectivity index (χ4n) is 1.65. The summed E-state index contributed by atoms with van der Waals surface area (Å²) in [5.74, 6) is -0.571. The Bertz CT molecular complexity index is 612. The van der Waals surface area contributed by atoms with Crippen LogP contribution >= 0.6 is 22.9 Å². The zero-order chi connectivity index (χ0) is 14.0. The first-order chi connectivity index (χ1) is 8.99. The number of carbonyl (C=O) groups is 1. The second-order valence-electron chi connectivity index (χ2n) is 4.08. The molecule has 6 heteroatoms. The second kappa shape index (κ2) is 5.50. The number of anilines is 1. The predicted molar refractivity (Wildman–Crippen MR) is 77.7 cm³/mol. The van der Waals surface area contributed by atoms with Gasteiger partial charge in [0.1, 0.15) is 0 Å². The van der Waals surface area contributed by atoms with Crippen molar-refractivity contribution in [3.8, 4) is 5.75 Å². The Hall–Kier alpha value is -1.72. The smallest absolute Gasteiger partial charge is 0.255 e. The Labute approximate surface area is 119 Å². The fraction of sp³-hybridized carbons (Fsp3) is 0.154. The Balaban J connectivity index is 2.15. The van der Waals surface area contributed by atoms with E-state index < -0.39 is 0 Å². The topological polar surface area (TPSA) is 75.4 Å². The van der Waals surface area contributed by atoms with Gasteiger partial charge in [0.05, 0.1) is 21.6 Å². The Morgan fingerprint density at radius 3 is 2.79 bits per heavy atom. The van der Waals surface area contributed by atoms with Crippen molar-refractivity contribution in [3.05, 3.63) is 45.1 Å². The third-order valence-electron chi connectivity index (χ3n) is 2.68. The van der Waals surface area contributed by atoms with E-state index in [1.807, 2.05) is 13.0 Å². The number of carbonyl (C=O) groups excluding carboxylic acids is 1. The fourth-order valence-corrected chi connectivity index (χ4v) is 2.71. The van der Waals surface area contributed by atoms with Gasteiger partial charge in [-0.05, 0) is 31.2 Å². The van der Waals surface area contributed by atoms with Gasteiger partial charge in [-0.2, -0.15) is 0 Å². The van der Waals surface area contributed by atoms with Crippen LogP contribution in [-0.4, -0.2) is 11.0 Å². The number of phenols is 1. The monoisotopic (exact) mass is 296 g/mol. The van der Waals surface area contributed by atoms with Crippen molar-refractivity contribution < 1.29 is 9.90 Å². The molecule has 19 heavy (non-hydrogen) atoms. The molecule has 1 amide bonds. The molecule has 0 fully saturated rings. The summed E-state index contributed by atoms with van der Waals surface area (Å²) in [6.45, 7) is 1.85. The van der Waals surface area contributed by atoms with E-state index in [-0.39, 0.29) is 28.9 Å². The molecular weight excluding hydrogens is 284 g/mol. The van der Waals surface area contributed by atoms with Crippen LogP contribution in [0.4, 0.5) is 5.69 Å². The number of halogens is 1. The van der Waals surface area contributed by atoms with Crippen LogP contribution < -0.4 is 11.1 Å². The molecule has 1 unspecified atom stereocenters. The first-order valence-corrected chi connectivity index (χ1v) is 6.82. The summed E-state index contributed by atoms with van der Waals surface area (Å²) in [6, 6.07) is 8.13. The average Bonchev–Trinajstić information content (AvgIpc) is 2.79. The first kappa shape index (κ1) is 13.7. The van der Waals surface area contributed by atoms with Crippen molar-refractivity contribution in [2.45, 2.75) is 13.0 Å². The molecule has 1 atom stereocenters. The molecule has 1 heterocycles. The molecule has 0 aliphatic rings. The van der Waals surface area contributed by atoms with Crippen molar-refractivity contribution >= 4 is 34.5 Å². The van der Waals surface area contributed by atoms with E-state index in [2.05, 4.69) is 5.32 Å². The number of aromatic hydroxyl groups is 1. The Kier molecular flexibility index (Phi) is 3.97. The van der Waals surface area contributed by atoms with Crippen LogP contribution in [0.5, 0.6) is 5.75 Å². The van der Waals surface area contributed by atoms with Gasteiger partial charge in [-0.25, -0.2) is 0 Å². The highest BCUT2D eigenvalue weighted by atomic mass is 35.5. The SMILES string of the molecule is CC(NC(=O)c1cccc(N)c1O)c1ccc(Cl)s1. The Morgan fingerprint density at radius 2 is 2.16 bits per heavy atom. The minimum atomic E-state index is -0.373. The molecule has 2 aromatic rings. The van der Waals surface area contributed by atoms with Crippen LogP contribution in [0.2, 0.25) is 4.34 Å². The van der Waals surface area contributed by atoms with E-state index in [9.17, 15) is 9.90 Å². The lowest BCUT2D eigenvalue weighted by atomic mass is 10.1. The molecule has 4 nitrogen and oxygen atoms in total. The molecule has 0 saturated carbocycles. The highest BCUT2D eigenvalue weighted by Gasteiger charge is 2.16. The van der Waals surface area contributed by atoms with Gasteiger partial charge >= 0.3 is 0 Å². The second-order valence-corrected chi connectivity index (χ2v) is 5.83. The van der Waals surface area contributed by atoms with Crippen LogP contribution in [0.15, 0.2) is 30.3 Å². The van der Waals surface area contributed by atoms with Crippen molar-refractivity contribution in [1.82, 2.24) is 5.32 Å². The molecule has 0 aliphatic heterocycles. The van der Waals surface area contributed by atoms with E-state index in [1.54, 1.807) is 12.1 Å². The molecule has 0 saturated heterocycles. The third-order valence-corrected chi connectivity index (χ3v) is 4.09. The van der Waals surface area contributed by atoms with Gasteiger partial charge < -0.3 is 16.2 Å². The van der Waals surface area contributed by atoms with Crippen LogP contribution in [0.1, 0.15) is 28.2 Å². The van der Waals surface area contributed by atoms with Gasteiger partial charge in [0, 0.05) is 4.88 Å². The number of nitrogens with one attached hydrogen (secondary N) is 1. The Morgan fingerprint density at radius 1 is 1.42 bits per heavy atom. The van der Waals surface area contributed by atoms with E-state index in [0.29, 0.717) is 4.34 Å². The van der Waals surface area contributed by atoms with Crippen molar-refractivity contribution in [1.29, 1.82) is 0 Å². The van der Waals surface area contributed by atoms with Crippen LogP contribution in [0, 0.1) is 0 Å². The standard InChI is InChI=1S/C13H13ClN2O2S/c1-7(10-5-6-11(14)19-10)16-13(18)8-3-2-4-9(15)12(8)17/h2-7,17H,15H2,1H3,(H,16,18). The first-order valence-electron chi connectivity index (χ1n) is 5.62. The molecule has 100 valence electrons. The average molecular weight is 297 g/mol. The molecule has 0 radical (unpaired) electrons. The van der Waals surface area contributed by atoms with Crippen molar-refractivity contribution in [2.75, 3.05) is 5.73 Å². The number of hydrogen-bond donors (Lipinski definition) is 3. The molecule has 4 N–H and O–H groups in total. The lowest BCUT2D eigenvalue weighted by Crippen LogP contribution is -2.26. The molecule has 1 aromatic heterocycles. The van der Waals surface area contributed by atoms with Crippen LogP contribution in [0.25, 0.3) is 0 Å². The summed E-state index contributed by atoms with van der Waals surface area (Å²) in [6.07, 6.45) is 0. The van der Waals surface area contributed by atoms with Gasteiger partial charge in [-0.15, -0.1) is 11.3 Å². The lowest BCUT2D eigenvalue weighted by molar-refractivity contribution is 0.0938. The molecule has 2 rings (SSSR count). The van der Waals surface area contributed by atoms with Gasteiger partial charge in [-0.3, -0.25) is 4.79 Å². The number of rotatable bonds is 3. The number of thiophene rings is 1. The van der Waals surface area contributed by atoms with Crippen LogP contribution in [-0.2, 0) is 0 Å². The molecule has 1 aromatic carbocycles. The summed E-state index contributed by atoms with van der Waals surface area (Å²) < 4.78 is 0.669. The number of nitrogen functional groups attached to an aromatic ring is 1. The summed E-state index contributed by atoms with van der Waals surface area (Å²) >= 11 is 7.26. The zero-order valence-electron chi connectivity index (χ0n) is 10.2. The molecule has 0 aliphatic carbocycles. The number of hydrogen-bond acceptors (Lipinski definition) is 4. The van der Waals surface area contributed by atoms with Gasteiger partial charge in [0.25, 0.3) is 5.91 Å². The predicted octanol–water partition coefficient (Wildman–Crippen LogP) is 3.18. The summed E-state index contributed by atoms with van der Waals surface area (Å²) in [4.78, 5) is 13.0. The number of para-hydroxylation sites is 1. The minimum absolute atomic E-state index is 0.162. The summed E-state index contributed by atoms with van der Waals surface area (Å²) in [5, 5.41) is 12.5. The van der Waals surface area contributed by atoms with E-state index in [0.717, 1.165) is 4.88 Å². The highest BCUT2D eigenvalue weighted by molar-refractivity contribution is 7.16. The van der Waals surface area contributed by atoms with Gasteiger partial charge in [-0.1, -0.05) is 17.7 Å². The molecule has 0 spiro atoms. The molecule has 0 bridgehead atoms. The van der Waals surface area contributed by atoms with E-state index >= 15 is 0 Å². The quantitative estimate of drug-likeness (QED) is 0.601. The number of amides is 1. The zero-order valence-corrected chi connectivity index (χ0v) is 11.8. The van der Waals surface area contributed by atoms with E-state index in [1.165, 1.54) is 23.5 Å². The summed E-state index contributed by atoms with van der Waals surface area (Å²) in [5.41, 5.74) is 5.90. The van der Waals surface area contributed by atoms with Crippen LogP contribution in [0.3, 0.4) is 0 Å². The normalized spacial score (nSPS) is 12.1. The van der Waals surface area contributed by atoms with Gasteiger partial charge in [0.15, 0.2) is 5.75 Å². The number of benzene rings is 1. The summed E-state index contributed by atoms with van der Waals surface area (Å²) in [7, 11) is 0. The maximum atomic E-state index is 12.1. The molecular formula is C13H13ClN2O2S. The lowest BCUT2D eigenvalue weighted by Gasteiger charge is -2.13. The van der Waals surface area contributed by atoms with Crippen molar-refractivity contribution in [2.24, 2.45) is 0 Å². The highest BCUT2D eigenvalue weighted by Crippen LogP contribution is 2.28. The number of nitrogens with two attached hydrogens (primary N) is 1. The maximum absolute atomic E-state index is 12.1. The third kappa shape index (κ3) is 3.00. The minimum Gasteiger partial charge on any atom is -0.505 e. The van der Waals surface area contributed by atoms with Crippen molar-refractivity contribution in [3.63, 3.8) is 0 Å². The maximum Gasteiger partial charge on any atom is 0.255 e. The largest absolute Gasteiger partial charge is 0.505 e. The van der Waals surface area contributed by atoms with Gasteiger partial charge in [0.2, 0.25) is 0 Å².